The lowest BCUT2D eigenvalue weighted by Gasteiger charge is -2.31. The standard InChI is InChI=1S/C14H21IN2O.2ClH/c1-12-11-17(8-6-16-12)7-3-9-18-14-5-2-4-13(15)10-14;;/h2,4-5,10,12,16H,3,6-9,11H2,1H3;2*1H/t12-;;/m0../s1. The van der Waals surface area contributed by atoms with Gasteiger partial charge in [0.05, 0.1) is 6.61 Å². The molecule has 1 heterocycles. The van der Waals surface area contributed by atoms with Crippen LogP contribution in [0.25, 0.3) is 0 Å². The minimum Gasteiger partial charge on any atom is -0.494 e. The Labute approximate surface area is 147 Å². The van der Waals surface area contributed by atoms with Gasteiger partial charge in [-0.1, -0.05) is 6.07 Å². The van der Waals surface area contributed by atoms with Crippen molar-refractivity contribution < 1.29 is 4.74 Å². The summed E-state index contributed by atoms with van der Waals surface area (Å²) in [6.45, 7) is 7.61. The normalized spacial score (nSPS) is 18.8. The van der Waals surface area contributed by atoms with E-state index in [2.05, 4.69) is 51.9 Å². The van der Waals surface area contributed by atoms with E-state index in [1.165, 1.54) is 3.57 Å². The molecule has 1 N–H and O–H groups in total. The van der Waals surface area contributed by atoms with Gasteiger partial charge in [0.15, 0.2) is 0 Å². The molecule has 0 saturated carbocycles. The number of nitrogens with zero attached hydrogens (tertiary/aromatic N) is 1. The molecule has 116 valence electrons. The van der Waals surface area contributed by atoms with Gasteiger partial charge in [-0.2, -0.15) is 0 Å². The molecule has 0 aliphatic carbocycles. The van der Waals surface area contributed by atoms with Crippen molar-refractivity contribution >= 4 is 47.4 Å². The largest absolute Gasteiger partial charge is 0.494 e. The number of nitrogens with one attached hydrogen (secondary N) is 1. The average Bonchev–Trinajstić information content (AvgIpc) is 2.35. The van der Waals surface area contributed by atoms with Gasteiger partial charge in [-0.3, -0.25) is 0 Å². The molecule has 0 aromatic heterocycles. The van der Waals surface area contributed by atoms with E-state index >= 15 is 0 Å². The van der Waals surface area contributed by atoms with Crippen LogP contribution in [0.15, 0.2) is 24.3 Å². The highest BCUT2D eigenvalue weighted by molar-refractivity contribution is 14.1. The Bertz CT molecular complexity index is 382. The van der Waals surface area contributed by atoms with Gasteiger partial charge >= 0.3 is 0 Å². The van der Waals surface area contributed by atoms with E-state index in [4.69, 9.17) is 4.74 Å². The van der Waals surface area contributed by atoms with Crippen LogP contribution in [0.1, 0.15) is 13.3 Å². The third-order valence-electron chi connectivity index (χ3n) is 3.14. The summed E-state index contributed by atoms with van der Waals surface area (Å²) in [6.07, 6.45) is 1.10. The third kappa shape index (κ3) is 7.31. The molecule has 0 amide bonds. The zero-order valence-electron chi connectivity index (χ0n) is 11.7. The van der Waals surface area contributed by atoms with Crippen LogP contribution in [0.3, 0.4) is 0 Å². The molecule has 1 aromatic rings. The predicted molar refractivity (Wildman–Crippen MR) is 97.7 cm³/mol. The van der Waals surface area contributed by atoms with Gasteiger partial charge in [0.25, 0.3) is 0 Å². The van der Waals surface area contributed by atoms with Crippen molar-refractivity contribution in [2.24, 2.45) is 0 Å². The van der Waals surface area contributed by atoms with Gasteiger partial charge < -0.3 is 15.0 Å². The smallest absolute Gasteiger partial charge is 0.120 e. The Kier molecular flexibility index (Phi) is 11.0. The van der Waals surface area contributed by atoms with Crippen LogP contribution < -0.4 is 10.1 Å². The van der Waals surface area contributed by atoms with Crippen LogP contribution in [0, 0.1) is 3.57 Å². The zero-order valence-corrected chi connectivity index (χ0v) is 15.5. The monoisotopic (exact) mass is 432 g/mol. The maximum Gasteiger partial charge on any atom is 0.120 e. The summed E-state index contributed by atoms with van der Waals surface area (Å²) in [5.41, 5.74) is 0. The van der Waals surface area contributed by atoms with E-state index in [0.29, 0.717) is 6.04 Å². The zero-order chi connectivity index (χ0) is 12.8. The van der Waals surface area contributed by atoms with E-state index in [9.17, 15) is 0 Å². The summed E-state index contributed by atoms with van der Waals surface area (Å²) in [5, 5.41) is 3.46. The number of benzene rings is 1. The summed E-state index contributed by atoms with van der Waals surface area (Å²) >= 11 is 2.31. The Morgan fingerprint density at radius 1 is 1.40 bits per heavy atom. The first-order valence-electron chi connectivity index (χ1n) is 6.58. The number of ether oxygens (including phenoxy) is 1. The Morgan fingerprint density at radius 3 is 2.90 bits per heavy atom. The molecular weight excluding hydrogens is 410 g/mol. The fourth-order valence-corrected chi connectivity index (χ4v) is 2.76. The van der Waals surface area contributed by atoms with Crippen molar-refractivity contribution in [2.75, 3.05) is 32.8 Å². The molecule has 0 unspecified atom stereocenters. The van der Waals surface area contributed by atoms with Gasteiger partial charge in [0, 0.05) is 35.8 Å². The van der Waals surface area contributed by atoms with E-state index in [0.717, 1.165) is 45.0 Å². The topological polar surface area (TPSA) is 24.5 Å². The molecule has 3 nitrogen and oxygen atoms in total. The van der Waals surface area contributed by atoms with Crippen molar-refractivity contribution in [1.29, 1.82) is 0 Å². The van der Waals surface area contributed by atoms with Crippen LogP contribution in [0.5, 0.6) is 5.75 Å². The number of halogens is 3. The minimum absolute atomic E-state index is 0. The second-order valence-corrected chi connectivity index (χ2v) is 6.06. The summed E-state index contributed by atoms with van der Waals surface area (Å²) in [6, 6.07) is 8.84. The molecule has 0 spiro atoms. The van der Waals surface area contributed by atoms with Gasteiger partial charge in [-0.25, -0.2) is 0 Å². The molecule has 1 saturated heterocycles. The lowest BCUT2D eigenvalue weighted by Crippen LogP contribution is -2.49. The lowest BCUT2D eigenvalue weighted by atomic mass is 10.2. The average molecular weight is 433 g/mol. The number of piperazine rings is 1. The van der Waals surface area contributed by atoms with Crippen LogP contribution >= 0.6 is 47.4 Å². The Balaban J connectivity index is 0.00000180. The van der Waals surface area contributed by atoms with Gasteiger partial charge in [0.2, 0.25) is 0 Å². The molecule has 6 heteroatoms. The van der Waals surface area contributed by atoms with Crippen LogP contribution in [-0.4, -0.2) is 43.7 Å². The molecule has 0 bridgehead atoms. The SMILES string of the molecule is C[C@H]1CN(CCCOc2cccc(I)c2)CCN1.Cl.Cl. The highest BCUT2D eigenvalue weighted by atomic mass is 127. The summed E-state index contributed by atoms with van der Waals surface area (Å²) in [5.74, 6) is 0.982. The molecule has 1 atom stereocenters. The second-order valence-electron chi connectivity index (χ2n) is 4.82. The van der Waals surface area contributed by atoms with Crippen molar-refractivity contribution in [3.05, 3.63) is 27.8 Å². The van der Waals surface area contributed by atoms with Crippen LogP contribution in [0.2, 0.25) is 0 Å². The first-order chi connectivity index (χ1) is 8.74. The molecule has 1 aliphatic rings. The Morgan fingerprint density at radius 2 is 2.20 bits per heavy atom. The molecule has 0 radical (unpaired) electrons. The maximum atomic E-state index is 5.76. The highest BCUT2D eigenvalue weighted by Crippen LogP contribution is 2.14. The molecule has 20 heavy (non-hydrogen) atoms. The predicted octanol–water partition coefficient (Wildman–Crippen LogP) is 3.20. The third-order valence-corrected chi connectivity index (χ3v) is 3.81. The minimum atomic E-state index is 0. The fraction of sp³-hybridized carbons (Fsp3) is 0.571. The number of rotatable bonds is 5. The van der Waals surface area contributed by atoms with Crippen LogP contribution in [-0.2, 0) is 0 Å². The molecule has 2 rings (SSSR count). The van der Waals surface area contributed by atoms with Crippen molar-refractivity contribution in [2.45, 2.75) is 19.4 Å². The van der Waals surface area contributed by atoms with E-state index in [1.807, 2.05) is 12.1 Å². The summed E-state index contributed by atoms with van der Waals surface area (Å²) in [4.78, 5) is 2.51. The molecule has 1 aliphatic heterocycles. The first kappa shape index (κ1) is 20.2. The van der Waals surface area contributed by atoms with Crippen molar-refractivity contribution in [3.8, 4) is 5.75 Å². The highest BCUT2D eigenvalue weighted by Gasteiger charge is 2.14. The summed E-state index contributed by atoms with van der Waals surface area (Å²) in [7, 11) is 0. The Hall–Kier alpha value is 0.250. The number of hydrogen-bond acceptors (Lipinski definition) is 3. The molecule has 1 fully saturated rings. The van der Waals surface area contributed by atoms with E-state index in [1.54, 1.807) is 0 Å². The van der Waals surface area contributed by atoms with E-state index in [-0.39, 0.29) is 24.8 Å². The second kappa shape index (κ2) is 10.9. The van der Waals surface area contributed by atoms with Crippen molar-refractivity contribution in [1.82, 2.24) is 10.2 Å². The van der Waals surface area contributed by atoms with Crippen molar-refractivity contribution in [3.63, 3.8) is 0 Å². The van der Waals surface area contributed by atoms with E-state index < -0.39 is 0 Å². The summed E-state index contributed by atoms with van der Waals surface area (Å²) < 4.78 is 6.98. The maximum absolute atomic E-state index is 5.76. The molecule has 1 aromatic carbocycles. The number of hydrogen-bond donors (Lipinski definition) is 1. The van der Waals surface area contributed by atoms with Gasteiger partial charge in [-0.05, 0) is 54.1 Å². The lowest BCUT2D eigenvalue weighted by molar-refractivity contribution is 0.189. The molecular formula is C14H23Cl2IN2O. The fourth-order valence-electron chi connectivity index (χ4n) is 2.25. The first-order valence-corrected chi connectivity index (χ1v) is 7.66. The van der Waals surface area contributed by atoms with Gasteiger partial charge in [0.1, 0.15) is 5.75 Å². The van der Waals surface area contributed by atoms with Crippen LogP contribution in [0.4, 0.5) is 0 Å². The quantitative estimate of drug-likeness (QED) is 0.571. The van der Waals surface area contributed by atoms with Gasteiger partial charge in [-0.15, -0.1) is 24.8 Å².